The molecule has 1 saturated carbocycles. The van der Waals surface area contributed by atoms with E-state index in [2.05, 4.69) is 11.9 Å². The van der Waals surface area contributed by atoms with Crippen LogP contribution >= 0.6 is 0 Å². The molecule has 2 aliphatic rings. The lowest BCUT2D eigenvalue weighted by molar-refractivity contribution is -0.128. The highest BCUT2D eigenvalue weighted by Crippen LogP contribution is 2.33. The molecule has 0 aromatic rings. The van der Waals surface area contributed by atoms with Crippen molar-refractivity contribution in [3.05, 3.63) is 0 Å². The predicted molar refractivity (Wildman–Crippen MR) is 48.0 cm³/mol. The molecule has 2 rings (SSSR count). The van der Waals surface area contributed by atoms with E-state index in [0.29, 0.717) is 17.6 Å². The van der Waals surface area contributed by atoms with Crippen molar-refractivity contribution in [3.8, 4) is 0 Å². The zero-order chi connectivity index (χ0) is 8.55. The van der Waals surface area contributed by atoms with Gasteiger partial charge in [0.1, 0.15) is 5.78 Å². The minimum absolute atomic E-state index is 0.426. The fourth-order valence-electron chi connectivity index (χ4n) is 2.65. The van der Waals surface area contributed by atoms with Crippen LogP contribution < -0.4 is 0 Å². The van der Waals surface area contributed by atoms with Crippen LogP contribution in [0.5, 0.6) is 0 Å². The maximum atomic E-state index is 11.5. The molecule has 1 aliphatic heterocycles. The number of hydrogen-bond acceptors (Lipinski definition) is 2. The quantitative estimate of drug-likeness (QED) is 0.542. The Labute approximate surface area is 73.9 Å². The first-order valence-electron chi connectivity index (χ1n) is 4.98. The first-order valence-corrected chi connectivity index (χ1v) is 4.98. The number of rotatable bonds is 0. The number of Topliss-reactive ketones (excluding diaryl/α,β-unsaturated/α-hetero) is 1. The molecule has 2 nitrogen and oxygen atoms in total. The second kappa shape index (κ2) is 3.17. The lowest BCUT2D eigenvalue weighted by Gasteiger charge is -2.38. The second-order valence-electron chi connectivity index (χ2n) is 4.28. The maximum Gasteiger partial charge on any atom is 0.136 e. The van der Waals surface area contributed by atoms with Gasteiger partial charge in [0, 0.05) is 18.9 Å². The average molecular weight is 167 g/mol. The molecule has 0 bridgehead atoms. The van der Waals surface area contributed by atoms with Gasteiger partial charge >= 0.3 is 0 Å². The van der Waals surface area contributed by atoms with Crippen molar-refractivity contribution in [2.45, 2.75) is 25.7 Å². The monoisotopic (exact) mass is 167 g/mol. The van der Waals surface area contributed by atoms with Gasteiger partial charge in [0.15, 0.2) is 0 Å². The number of piperidine rings is 1. The summed E-state index contributed by atoms with van der Waals surface area (Å²) in [6, 6.07) is 0. The summed E-state index contributed by atoms with van der Waals surface area (Å²) < 4.78 is 0. The molecular weight excluding hydrogens is 150 g/mol. The summed E-state index contributed by atoms with van der Waals surface area (Å²) >= 11 is 0. The lowest BCUT2D eigenvalue weighted by Crippen LogP contribution is -2.43. The van der Waals surface area contributed by atoms with Gasteiger partial charge in [0.2, 0.25) is 0 Å². The number of carbonyl (C=O) groups excluding carboxylic acids is 1. The molecule has 68 valence electrons. The van der Waals surface area contributed by atoms with Crippen LogP contribution in [0.4, 0.5) is 0 Å². The van der Waals surface area contributed by atoms with Gasteiger partial charge in [-0.25, -0.2) is 0 Å². The van der Waals surface area contributed by atoms with Crippen molar-refractivity contribution in [3.63, 3.8) is 0 Å². The molecule has 2 heteroatoms. The largest absolute Gasteiger partial charge is 0.306 e. The Bertz CT molecular complexity index is 190. The SMILES string of the molecule is CN1CC[C@@H]2C(=O)CCC[C@@H]2C1. The summed E-state index contributed by atoms with van der Waals surface area (Å²) in [5.41, 5.74) is 0. The molecule has 0 amide bonds. The van der Waals surface area contributed by atoms with Crippen molar-refractivity contribution in [1.82, 2.24) is 4.90 Å². The smallest absolute Gasteiger partial charge is 0.136 e. The van der Waals surface area contributed by atoms with E-state index in [1.165, 1.54) is 6.42 Å². The maximum absolute atomic E-state index is 11.5. The summed E-state index contributed by atoms with van der Waals surface area (Å²) in [6.07, 6.45) is 4.37. The fourth-order valence-corrected chi connectivity index (χ4v) is 2.65. The molecule has 12 heavy (non-hydrogen) atoms. The third-order valence-corrected chi connectivity index (χ3v) is 3.35. The van der Waals surface area contributed by atoms with Crippen molar-refractivity contribution < 1.29 is 4.79 Å². The average Bonchev–Trinajstić information content (AvgIpc) is 2.04. The fraction of sp³-hybridized carbons (Fsp3) is 0.900. The van der Waals surface area contributed by atoms with Gasteiger partial charge in [0.05, 0.1) is 0 Å². The highest BCUT2D eigenvalue weighted by Gasteiger charge is 2.34. The van der Waals surface area contributed by atoms with Gasteiger partial charge in [-0.15, -0.1) is 0 Å². The van der Waals surface area contributed by atoms with Crippen LogP contribution in [0.25, 0.3) is 0 Å². The van der Waals surface area contributed by atoms with Gasteiger partial charge in [0.25, 0.3) is 0 Å². The predicted octanol–water partition coefficient (Wildman–Crippen LogP) is 1.31. The highest BCUT2D eigenvalue weighted by molar-refractivity contribution is 5.82. The number of carbonyl (C=O) groups is 1. The van der Waals surface area contributed by atoms with Gasteiger partial charge in [-0.2, -0.15) is 0 Å². The topological polar surface area (TPSA) is 20.3 Å². The minimum atomic E-state index is 0.426. The lowest BCUT2D eigenvalue weighted by atomic mass is 9.74. The molecule has 2 atom stereocenters. The molecule has 0 N–H and O–H groups in total. The van der Waals surface area contributed by atoms with Crippen LogP contribution in [0, 0.1) is 11.8 Å². The molecule has 0 aromatic carbocycles. The molecule has 0 aromatic heterocycles. The standard InChI is InChI=1S/C10H17NO/c1-11-6-5-9-8(7-11)3-2-4-10(9)12/h8-9H,2-7H2,1H3/t8-,9+/m1/s1. The van der Waals surface area contributed by atoms with Gasteiger partial charge in [-0.1, -0.05) is 0 Å². The molecule has 1 heterocycles. The molecule has 1 saturated heterocycles. The normalized spacial score (nSPS) is 37.9. The van der Waals surface area contributed by atoms with Crippen molar-refractivity contribution in [2.75, 3.05) is 20.1 Å². The Hall–Kier alpha value is -0.370. The van der Waals surface area contributed by atoms with Gasteiger partial charge in [-0.3, -0.25) is 4.79 Å². The number of hydrogen-bond donors (Lipinski definition) is 0. The number of likely N-dealkylation sites (tertiary alicyclic amines) is 1. The van der Waals surface area contributed by atoms with E-state index in [4.69, 9.17) is 0 Å². The number of fused-ring (bicyclic) bond motifs is 1. The Morgan fingerprint density at radius 1 is 1.42 bits per heavy atom. The summed E-state index contributed by atoms with van der Waals surface area (Å²) in [5.74, 6) is 1.65. The van der Waals surface area contributed by atoms with E-state index in [-0.39, 0.29) is 0 Å². The zero-order valence-corrected chi connectivity index (χ0v) is 7.75. The van der Waals surface area contributed by atoms with Crippen molar-refractivity contribution in [2.24, 2.45) is 11.8 Å². The van der Waals surface area contributed by atoms with Crippen LogP contribution in [0.1, 0.15) is 25.7 Å². The van der Waals surface area contributed by atoms with E-state index in [0.717, 1.165) is 32.4 Å². The second-order valence-corrected chi connectivity index (χ2v) is 4.28. The van der Waals surface area contributed by atoms with E-state index in [1.54, 1.807) is 0 Å². The molecule has 0 radical (unpaired) electrons. The van der Waals surface area contributed by atoms with Crippen LogP contribution in [-0.2, 0) is 4.79 Å². The van der Waals surface area contributed by atoms with Crippen molar-refractivity contribution in [1.29, 1.82) is 0 Å². The molecule has 0 spiro atoms. The van der Waals surface area contributed by atoms with E-state index in [1.807, 2.05) is 0 Å². The number of nitrogens with zero attached hydrogens (tertiary/aromatic N) is 1. The first-order chi connectivity index (χ1) is 5.77. The Morgan fingerprint density at radius 2 is 2.25 bits per heavy atom. The van der Waals surface area contributed by atoms with Crippen molar-refractivity contribution >= 4 is 5.78 Å². The summed E-state index contributed by atoms with van der Waals surface area (Å²) in [6.45, 7) is 2.27. The number of ketones is 1. The molecule has 0 unspecified atom stereocenters. The van der Waals surface area contributed by atoms with Crippen LogP contribution in [0.15, 0.2) is 0 Å². The first kappa shape index (κ1) is 8.24. The Kier molecular flexibility index (Phi) is 2.18. The van der Waals surface area contributed by atoms with E-state index < -0.39 is 0 Å². The third-order valence-electron chi connectivity index (χ3n) is 3.35. The summed E-state index contributed by atoms with van der Waals surface area (Å²) in [4.78, 5) is 13.9. The molecule has 2 fully saturated rings. The minimum Gasteiger partial charge on any atom is -0.306 e. The van der Waals surface area contributed by atoms with Gasteiger partial charge < -0.3 is 4.90 Å². The van der Waals surface area contributed by atoms with Crippen LogP contribution in [0.3, 0.4) is 0 Å². The Morgan fingerprint density at radius 3 is 3.08 bits per heavy atom. The molecule has 1 aliphatic carbocycles. The van der Waals surface area contributed by atoms with Gasteiger partial charge in [-0.05, 0) is 38.8 Å². The summed E-state index contributed by atoms with van der Waals surface area (Å²) in [5, 5.41) is 0. The van der Waals surface area contributed by atoms with E-state index in [9.17, 15) is 4.79 Å². The molecular formula is C10H17NO. The van der Waals surface area contributed by atoms with Crippen LogP contribution in [-0.4, -0.2) is 30.8 Å². The summed E-state index contributed by atoms with van der Waals surface area (Å²) in [7, 11) is 2.16. The zero-order valence-electron chi connectivity index (χ0n) is 7.75. The highest BCUT2D eigenvalue weighted by atomic mass is 16.1. The van der Waals surface area contributed by atoms with E-state index >= 15 is 0 Å². The third kappa shape index (κ3) is 1.40. The Balaban J connectivity index is 2.04. The van der Waals surface area contributed by atoms with Crippen LogP contribution in [0.2, 0.25) is 0 Å².